The Balaban J connectivity index is 2.74. The number of hydrogen-bond acceptors (Lipinski definition) is 4. The third kappa shape index (κ3) is 3.00. The zero-order valence-corrected chi connectivity index (χ0v) is 11.3. The smallest absolute Gasteiger partial charge is 0.328 e. The average molecular weight is 256 g/mol. The highest BCUT2D eigenvalue weighted by molar-refractivity contribution is 5.89. The molecule has 1 saturated heterocycles. The molecule has 1 rings (SSSR count). The number of carbonyl (C=O) groups is 3. The van der Waals surface area contributed by atoms with Crippen LogP contribution in [-0.2, 0) is 19.1 Å². The van der Waals surface area contributed by atoms with Crippen LogP contribution in [0.25, 0.3) is 0 Å². The van der Waals surface area contributed by atoms with Crippen molar-refractivity contribution in [2.45, 2.75) is 38.3 Å². The Hall–Kier alpha value is -1.59. The molecule has 0 bridgehead atoms. The molecule has 1 aliphatic rings. The van der Waals surface area contributed by atoms with Gasteiger partial charge >= 0.3 is 5.97 Å². The van der Waals surface area contributed by atoms with Crippen LogP contribution in [-0.4, -0.2) is 60.9 Å². The van der Waals surface area contributed by atoms with E-state index in [2.05, 4.69) is 4.74 Å². The molecule has 6 heteroatoms. The molecule has 0 aromatic heterocycles. The minimum atomic E-state index is -0.549. The molecule has 0 aromatic carbocycles. The van der Waals surface area contributed by atoms with Crippen molar-refractivity contribution in [2.75, 3.05) is 21.2 Å². The van der Waals surface area contributed by atoms with Gasteiger partial charge < -0.3 is 14.5 Å². The Morgan fingerprint density at radius 1 is 1.50 bits per heavy atom. The molecule has 18 heavy (non-hydrogen) atoms. The van der Waals surface area contributed by atoms with Crippen LogP contribution in [0.2, 0.25) is 0 Å². The van der Waals surface area contributed by atoms with Crippen molar-refractivity contribution in [3.63, 3.8) is 0 Å². The standard InChI is InChI=1S/C12H20N2O4/c1-8(7-11(16)13(2)3)14-9(12(17)18-4)5-6-10(14)15/h8-9H,5-7H2,1-4H3. The van der Waals surface area contributed by atoms with E-state index in [1.54, 1.807) is 21.0 Å². The number of ether oxygens (including phenoxy) is 1. The molecule has 2 unspecified atom stereocenters. The van der Waals surface area contributed by atoms with Crippen molar-refractivity contribution in [3.05, 3.63) is 0 Å². The zero-order chi connectivity index (χ0) is 13.9. The van der Waals surface area contributed by atoms with E-state index in [4.69, 9.17) is 0 Å². The molecule has 0 N–H and O–H groups in total. The molecule has 1 fully saturated rings. The Kier molecular flexibility index (Phi) is 4.69. The van der Waals surface area contributed by atoms with E-state index >= 15 is 0 Å². The van der Waals surface area contributed by atoms with Gasteiger partial charge in [-0.05, 0) is 13.3 Å². The molecular weight excluding hydrogens is 236 g/mol. The fourth-order valence-corrected chi connectivity index (χ4v) is 2.16. The Bertz CT molecular complexity index is 354. The summed E-state index contributed by atoms with van der Waals surface area (Å²) < 4.78 is 4.69. The molecule has 102 valence electrons. The van der Waals surface area contributed by atoms with E-state index in [1.807, 2.05) is 0 Å². The first-order valence-corrected chi connectivity index (χ1v) is 5.97. The summed E-state index contributed by atoms with van der Waals surface area (Å²) in [5, 5.41) is 0. The third-order valence-corrected chi connectivity index (χ3v) is 3.17. The molecule has 1 heterocycles. The molecule has 2 atom stereocenters. The first kappa shape index (κ1) is 14.5. The van der Waals surface area contributed by atoms with Crippen LogP contribution in [0, 0.1) is 0 Å². The summed E-state index contributed by atoms with van der Waals surface area (Å²) in [6, 6.07) is -0.841. The van der Waals surface area contributed by atoms with Crippen LogP contribution < -0.4 is 0 Å². The van der Waals surface area contributed by atoms with Crippen LogP contribution in [0.4, 0.5) is 0 Å². The maximum absolute atomic E-state index is 11.8. The van der Waals surface area contributed by atoms with Gasteiger partial charge in [-0.2, -0.15) is 0 Å². The number of esters is 1. The van der Waals surface area contributed by atoms with Gasteiger partial charge in [-0.25, -0.2) is 4.79 Å². The SMILES string of the molecule is COC(=O)C1CCC(=O)N1C(C)CC(=O)N(C)C. The first-order valence-electron chi connectivity index (χ1n) is 5.97. The maximum atomic E-state index is 11.8. The van der Waals surface area contributed by atoms with Gasteiger partial charge in [0.15, 0.2) is 0 Å². The molecular formula is C12H20N2O4. The molecule has 0 aromatic rings. The average Bonchev–Trinajstić information content (AvgIpc) is 2.69. The minimum absolute atomic E-state index is 0.0641. The molecule has 0 aliphatic carbocycles. The highest BCUT2D eigenvalue weighted by Crippen LogP contribution is 2.24. The number of hydrogen-bond donors (Lipinski definition) is 0. The Morgan fingerprint density at radius 2 is 2.11 bits per heavy atom. The van der Waals surface area contributed by atoms with Gasteiger partial charge in [0.05, 0.1) is 7.11 Å². The summed E-state index contributed by atoms with van der Waals surface area (Å²) in [4.78, 5) is 38.0. The van der Waals surface area contributed by atoms with Gasteiger partial charge in [-0.1, -0.05) is 0 Å². The molecule has 0 spiro atoms. The van der Waals surface area contributed by atoms with Crippen LogP contribution in [0.15, 0.2) is 0 Å². The van der Waals surface area contributed by atoms with Crippen LogP contribution in [0.3, 0.4) is 0 Å². The zero-order valence-electron chi connectivity index (χ0n) is 11.3. The lowest BCUT2D eigenvalue weighted by Crippen LogP contribution is -2.46. The Morgan fingerprint density at radius 3 is 2.61 bits per heavy atom. The molecule has 6 nitrogen and oxygen atoms in total. The van der Waals surface area contributed by atoms with Gasteiger partial charge in [0.25, 0.3) is 0 Å². The fraction of sp³-hybridized carbons (Fsp3) is 0.750. The number of methoxy groups -OCH3 is 1. The van der Waals surface area contributed by atoms with E-state index in [1.165, 1.54) is 16.9 Å². The first-order chi connectivity index (χ1) is 8.38. The van der Waals surface area contributed by atoms with Gasteiger partial charge in [-0.15, -0.1) is 0 Å². The molecule has 0 radical (unpaired) electrons. The van der Waals surface area contributed by atoms with Crippen molar-refractivity contribution < 1.29 is 19.1 Å². The summed E-state index contributed by atoms with van der Waals surface area (Å²) in [5.74, 6) is -0.569. The van der Waals surface area contributed by atoms with E-state index < -0.39 is 12.0 Å². The summed E-state index contributed by atoms with van der Waals surface area (Å²) >= 11 is 0. The monoisotopic (exact) mass is 256 g/mol. The van der Waals surface area contributed by atoms with Gasteiger partial charge in [-0.3, -0.25) is 9.59 Å². The van der Waals surface area contributed by atoms with Crippen LogP contribution in [0.1, 0.15) is 26.2 Å². The van der Waals surface area contributed by atoms with Crippen molar-refractivity contribution in [3.8, 4) is 0 Å². The minimum Gasteiger partial charge on any atom is -0.467 e. The second kappa shape index (κ2) is 5.84. The van der Waals surface area contributed by atoms with Crippen molar-refractivity contribution in [2.24, 2.45) is 0 Å². The lowest BCUT2D eigenvalue weighted by atomic mass is 10.1. The quantitative estimate of drug-likeness (QED) is 0.665. The van der Waals surface area contributed by atoms with Crippen LogP contribution >= 0.6 is 0 Å². The Labute approximate surface area is 107 Å². The summed E-state index contributed by atoms with van der Waals surface area (Å²) in [6.45, 7) is 1.78. The largest absolute Gasteiger partial charge is 0.467 e. The highest BCUT2D eigenvalue weighted by atomic mass is 16.5. The van der Waals surface area contributed by atoms with E-state index in [0.717, 1.165) is 0 Å². The van der Waals surface area contributed by atoms with E-state index in [0.29, 0.717) is 12.8 Å². The molecule has 0 saturated carbocycles. The fourth-order valence-electron chi connectivity index (χ4n) is 2.16. The van der Waals surface area contributed by atoms with Crippen LogP contribution in [0.5, 0.6) is 0 Å². The van der Waals surface area contributed by atoms with Crippen molar-refractivity contribution in [1.82, 2.24) is 9.80 Å². The van der Waals surface area contributed by atoms with Gasteiger partial charge in [0, 0.05) is 33.0 Å². The van der Waals surface area contributed by atoms with E-state index in [-0.39, 0.29) is 24.3 Å². The molecule has 1 aliphatic heterocycles. The summed E-state index contributed by atoms with van der Waals surface area (Å²) in [7, 11) is 4.64. The number of carbonyl (C=O) groups excluding carboxylic acids is 3. The number of amides is 2. The summed E-state index contributed by atoms with van der Waals surface area (Å²) in [6.07, 6.45) is 1.01. The third-order valence-electron chi connectivity index (χ3n) is 3.17. The highest BCUT2D eigenvalue weighted by Gasteiger charge is 2.40. The molecule has 2 amide bonds. The lowest BCUT2D eigenvalue weighted by Gasteiger charge is -2.29. The number of likely N-dealkylation sites (tertiary alicyclic amines) is 1. The van der Waals surface area contributed by atoms with Gasteiger partial charge in [0.2, 0.25) is 11.8 Å². The van der Waals surface area contributed by atoms with Gasteiger partial charge in [0.1, 0.15) is 6.04 Å². The number of rotatable bonds is 4. The predicted molar refractivity (Wildman–Crippen MR) is 64.7 cm³/mol. The lowest BCUT2D eigenvalue weighted by molar-refractivity contribution is -0.151. The second-order valence-corrected chi connectivity index (χ2v) is 4.72. The second-order valence-electron chi connectivity index (χ2n) is 4.72. The normalized spacial score (nSPS) is 20.8. The van der Waals surface area contributed by atoms with E-state index in [9.17, 15) is 14.4 Å². The maximum Gasteiger partial charge on any atom is 0.328 e. The van der Waals surface area contributed by atoms with Crippen molar-refractivity contribution in [1.29, 1.82) is 0 Å². The number of nitrogens with zero attached hydrogens (tertiary/aromatic N) is 2. The topological polar surface area (TPSA) is 66.9 Å². The predicted octanol–water partition coefficient (Wildman–Crippen LogP) is 0.0172. The summed E-state index contributed by atoms with van der Waals surface area (Å²) in [5.41, 5.74) is 0. The van der Waals surface area contributed by atoms with Crippen molar-refractivity contribution >= 4 is 17.8 Å².